The van der Waals surface area contributed by atoms with Crippen LogP contribution in [0.2, 0.25) is 0 Å². The highest BCUT2D eigenvalue weighted by molar-refractivity contribution is 5.58. The number of ether oxygens (including phenoxy) is 1. The van der Waals surface area contributed by atoms with Crippen LogP contribution in [0.25, 0.3) is 0 Å². The lowest BCUT2D eigenvalue weighted by Gasteiger charge is -2.07. The number of rotatable bonds is 4. The van der Waals surface area contributed by atoms with Crippen LogP contribution in [0.3, 0.4) is 0 Å². The average molecular weight is 131 g/mol. The topological polar surface area (TPSA) is 69.4 Å². The van der Waals surface area contributed by atoms with Crippen molar-refractivity contribution in [1.29, 1.82) is 0 Å². The smallest absolute Gasteiger partial charge is 0.163 e. The fourth-order valence-corrected chi connectivity index (χ4v) is 0.312. The highest BCUT2D eigenvalue weighted by Gasteiger charge is 2.04. The predicted molar refractivity (Wildman–Crippen MR) is 30.7 cm³/mol. The molecule has 0 spiro atoms. The van der Waals surface area contributed by atoms with Crippen molar-refractivity contribution in [3.05, 3.63) is 0 Å². The lowest BCUT2D eigenvalue weighted by Crippen LogP contribution is -2.30. The summed E-state index contributed by atoms with van der Waals surface area (Å²) in [6.07, 6.45) is -0.584. The van der Waals surface area contributed by atoms with Gasteiger partial charge in [-0.05, 0) is 6.92 Å². The second-order valence-electron chi connectivity index (χ2n) is 1.58. The minimum absolute atomic E-state index is 0.431. The molecule has 0 aliphatic carbocycles. The summed E-state index contributed by atoms with van der Waals surface area (Å²) in [6.45, 7) is 1.51. The number of carbonyl (C=O) groups excluding carboxylic acids is 2. The number of carbonyl (C=O) groups is 2. The zero-order chi connectivity index (χ0) is 7.28. The first-order valence-electron chi connectivity index (χ1n) is 2.52. The van der Waals surface area contributed by atoms with Gasteiger partial charge in [0.05, 0.1) is 0 Å². The van der Waals surface area contributed by atoms with Gasteiger partial charge in [-0.1, -0.05) is 0 Å². The van der Waals surface area contributed by atoms with E-state index in [-0.39, 0.29) is 0 Å². The maximum atomic E-state index is 9.86. The first-order valence-corrected chi connectivity index (χ1v) is 2.52. The first-order chi connectivity index (χ1) is 4.20. The third-order valence-corrected chi connectivity index (χ3v) is 0.698. The maximum absolute atomic E-state index is 9.86. The summed E-state index contributed by atoms with van der Waals surface area (Å²) >= 11 is 0. The maximum Gasteiger partial charge on any atom is 0.163 e. The summed E-state index contributed by atoms with van der Waals surface area (Å²) in [4.78, 5) is 19.7. The van der Waals surface area contributed by atoms with Gasteiger partial charge < -0.3 is 9.53 Å². The summed E-state index contributed by atoms with van der Waals surface area (Å²) in [6, 6.07) is 0. The van der Waals surface area contributed by atoms with Gasteiger partial charge >= 0.3 is 0 Å². The van der Waals surface area contributed by atoms with Gasteiger partial charge in [0.2, 0.25) is 0 Å². The zero-order valence-corrected chi connectivity index (χ0v) is 5.11. The molecule has 0 aliphatic heterocycles. The van der Waals surface area contributed by atoms with E-state index in [1.165, 1.54) is 6.92 Å². The summed E-state index contributed by atoms with van der Waals surface area (Å²) in [5, 5.41) is 0. The predicted octanol–water partition coefficient (Wildman–Crippen LogP) is -0.926. The van der Waals surface area contributed by atoms with Gasteiger partial charge in [0, 0.05) is 0 Å². The van der Waals surface area contributed by atoms with Crippen LogP contribution in [-0.4, -0.2) is 24.9 Å². The van der Waals surface area contributed by atoms with Crippen molar-refractivity contribution in [3.63, 3.8) is 0 Å². The molecule has 0 amide bonds. The fourth-order valence-electron chi connectivity index (χ4n) is 0.312. The van der Waals surface area contributed by atoms with E-state index in [2.05, 4.69) is 4.74 Å². The Hall–Kier alpha value is -0.740. The van der Waals surface area contributed by atoms with Gasteiger partial charge in [-0.3, -0.25) is 10.5 Å². The lowest BCUT2D eigenvalue weighted by atomic mass is 10.4. The summed E-state index contributed by atoms with van der Waals surface area (Å²) in [5.74, 6) is 0. The molecular weight excluding hydrogens is 122 g/mol. The van der Waals surface area contributed by atoms with Crippen molar-refractivity contribution in [2.24, 2.45) is 5.73 Å². The SMILES string of the molecule is CC(C=O)OC(N)C=O. The third kappa shape index (κ3) is 3.81. The molecule has 0 aromatic rings. The molecule has 0 rings (SSSR count). The van der Waals surface area contributed by atoms with E-state index in [4.69, 9.17) is 5.73 Å². The normalized spacial score (nSPS) is 16.2. The van der Waals surface area contributed by atoms with Crippen molar-refractivity contribution >= 4 is 12.6 Å². The largest absolute Gasteiger partial charge is 0.346 e. The molecule has 0 aromatic heterocycles. The Balaban J connectivity index is 3.45. The van der Waals surface area contributed by atoms with Gasteiger partial charge in [-0.2, -0.15) is 0 Å². The van der Waals surface area contributed by atoms with E-state index in [9.17, 15) is 9.59 Å². The van der Waals surface area contributed by atoms with Gasteiger partial charge in [0.15, 0.2) is 12.5 Å². The molecule has 0 aromatic carbocycles. The molecule has 0 saturated carbocycles. The average Bonchev–Trinajstić information content (AvgIpc) is 1.87. The van der Waals surface area contributed by atoms with Gasteiger partial charge in [-0.25, -0.2) is 0 Å². The molecule has 0 heterocycles. The van der Waals surface area contributed by atoms with Crippen molar-refractivity contribution < 1.29 is 14.3 Å². The van der Waals surface area contributed by atoms with Crippen LogP contribution >= 0.6 is 0 Å². The standard InChI is InChI=1S/C5H9NO3/c1-4(2-7)9-5(6)3-8/h2-5H,6H2,1H3. The van der Waals surface area contributed by atoms with Crippen LogP contribution in [-0.2, 0) is 14.3 Å². The monoisotopic (exact) mass is 131 g/mol. The van der Waals surface area contributed by atoms with E-state index in [1.54, 1.807) is 0 Å². The highest BCUT2D eigenvalue weighted by atomic mass is 16.5. The minimum atomic E-state index is -0.981. The summed E-state index contributed by atoms with van der Waals surface area (Å²) in [5.41, 5.74) is 5.00. The van der Waals surface area contributed by atoms with Gasteiger partial charge in [0.25, 0.3) is 0 Å². The minimum Gasteiger partial charge on any atom is -0.346 e. The molecule has 9 heavy (non-hydrogen) atoms. The Morgan fingerprint density at radius 1 is 1.44 bits per heavy atom. The van der Waals surface area contributed by atoms with E-state index >= 15 is 0 Å². The number of hydrogen-bond donors (Lipinski definition) is 1. The number of aldehydes is 2. The Kier molecular flexibility index (Phi) is 3.83. The van der Waals surface area contributed by atoms with E-state index in [0.717, 1.165) is 0 Å². The molecule has 0 bridgehead atoms. The van der Waals surface area contributed by atoms with E-state index in [1.807, 2.05) is 0 Å². The molecule has 52 valence electrons. The second-order valence-corrected chi connectivity index (χ2v) is 1.58. The summed E-state index contributed by atoms with van der Waals surface area (Å²) < 4.78 is 4.59. The van der Waals surface area contributed by atoms with Crippen molar-refractivity contribution in [1.82, 2.24) is 0 Å². The summed E-state index contributed by atoms with van der Waals surface area (Å²) in [7, 11) is 0. The van der Waals surface area contributed by atoms with Crippen LogP contribution in [0, 0.1) is 0 Å². The van der Waals surface area contributed by atoms with Gasteiger partial charge in [-0.15, -0.1) is 0 Å². The third-order valence-electron chi connectivity index (χ3n) is 0.698. The van der Waals surface area contributed by atoms with Crippen molar-refractivity contribution in [2.45, 2.75) is 19.3 Å². The van der Waals surface area contributed by atoms with Crippen LogP contribution in [0.1, 0.15) is 6.92 Å². The molecule has 4 heteroatoms. The Morgan fingerprint density at radius 2 is 2.00 bits per heavy atom. The zero-order valence-electron chi connectivity index (χ0n) is 5.11. The molecule has 2 unspecified atom stereocenters. The van der Waals surface area contributed by atoms with Crippen LogP contribution in [0.5, 0.6) is 0 Å². The second kappa shape index (κ2) is 4.17. The lowest BCUT2D eigenvalue weighted by molar-refractivity contribution is -0.128. The van der Waals surface area contributed by atoms with Crippen LogP contribution < -0.4 is 5.73 Å². The molecule has 2 atom stereocenters. The van der Waals surface area contributed by atoms with E-state index < -0.39 is 12.3 Å². The van der Waals surface area contributed by atoms with Crippen LogP contribution in [0.15, 0.2) is 0 Å². The molecule has 4 nitrogen and oxygen atoms in total. The molecule has 2 N–H and O–H groups in total. The molecule has 0 fully saturated rings. The van der Waals surface area contributed by atoms with E-state index in [0.29, 0.717) is 12.6 Å². The Labute approximate surface area is 53.0 Å². The van der Waals surface area contributed by atoms with Crippen LogP contribution in [0.4, 0.5) is 0 Å². The molecule has 0 saturated heterocycles. The fraction of sp³-hybridized carbons (Fsp3) is 0.600. The van der Waals surface area contributed by atoms with Crippen molar-refractivity contribution in [2.75, 3.05) is 0 Å². The quantitative estimate of drug-likeness (QED) is 0.395. The Bertz CT molecular complexity index is 92.4. The first kappa shape index (κ1) is 8.26. The molecular formula is C5H9NO3. The molecule has 0 radical (unpaired) electrons. The highest BCUT2D eigenvalue weighted by Crippen LogP contribution is 1.85. The van der Waals surface area contributed by atoms with Crippen molar-refractivity contribution in [3.8, 4) is 0 Å². The van der Waals surface area contributed by atoms with Gasteiger partial charge in [0.1, 0.15) is 12.4 Å². The molecule has 0 aliphatic rings. The Morgan fingerprint density at radius 3 is 2.33 bits per heavy atom. The number of nitrogens with two attached hydrogens (primary N) is 1. The number of hydrogen-bond acceptors (Lipinski definition) is 4.